The van der Waals surface area contributed by atoms with Crippen LogP contribution in [0.3, 0.4) is 0 Å². The predicted octanol–water partition coefficient (Wildman–Crippen LogP) is 4.13. The first kappa shape index (κ1) is 15.8. The smallest absolute Gasteiger partial charge is 0.342 e. The molecule has 0 fully saturated rings. The molecule has 2 aromatic carbocycles. The Morgan fingerprint density at radius 1 is 1.27 bits per heavy atom. The topological polar surface area (TPSA) is 89.7 Å². The summed E-state index contributed by atoms with van der Waals surface area (Å²) in [6.07, 6.45) is 0. The maximum atomic E-state index is 13.8. The Morgan fingerprint density at radius 3 is 2.55 bits per heavy atom. The molecule has 22 heavy (non-hydrogen) atoms. The average Bonchev–Trinajstić information content (AvgIpc) is 2.47. The largest absolute Gasteiger partial charge is 0.477 e. The van der Waals surface area contributed by atoms with Gasteiger partial charge in [-0.25, -0.2) is 13.6 Å². The molecule has 6 nitrogen and oxygen atoms in total. The number of halogens is 3. The Balaban J connectivity index is 2.48. The van der Waals surface area contributed by atoms with Crippen LogP contribution in [0, 0.1) is 21.7 Å². The molecule has 1 N–H and O–H groups in total. The van der Waals surface area contributed by atoms with E-state index in [2.05, 4.69) is 15.9 Å². The average molecular weight is 374 g/mol. The normalized spacial score (nSPS) is 10.3. The summed E-state index contributed by atoms with van der Waals surface area (Å²) in [4.78, 5) is 20.8. The number of aromatic carboxylic acids is 1. The number of rotatable bonds is 4. The molecular weight excluding hydrogens is 368 g/mol. The van der Waals surface area contributed by atoms with Crippen molar-refractivity contribution in [1.82, 2.24) is 0 Å². The lowest BCUT2D eigenvalue weighted by atomic mass is 10.1. The number of nitrogens with zero attached hydrogens (tertiary/aromatic N) is 1. The van der Waals surface area contributed by atoms with E-state index in [1.54, 1.807) is 0 Å². The zero-order valence-corrected chi connectivity index (χ0v) is 12.1. The first-order valence-corrected chi connectivity index (χ1v) is 6.43. The van der Waals surface area contributed by atoms with Gasteiger partial charge < -0.3 is 9.84 Å². The molecule has 114 valence electrons. The summed E-state index contributed by atoms with van der Waals surface area (Å²) in [5.41, 5.74) is -1.31. The summed E-state index contributed by atoms with van der Waals surface area (Å²) in [7, 11) is 0. The Morgan fingerprint density at radius 2 is 1.95 bits per heavy atom. The van der Waals surface area contributed by atoms with Gasteiger partial charge in [-0.15, -0.1) is 0 Å². The summed E-state index contributed by atoms with van der Waals surface area (Å²) in [6.45, 7) is 0. The highest BCUT2D eigenvalue weighted by Crippen LogP contribution is 2.33. The van der Waals surface area contributed by atoms with Crippen LogP contribution in [-0.2, 0) is 0 Å². The fraction of sp³-hybridized carbons (Fsp3) is 0. The van der Waals surface area contributed by atoms with Crippen molar-refractivity contribution in [1.29, 1.82) is 0 Å². The van der Waals surface area contributed by atoms with Gasteiger partial charge in [0.25, 0.3) is 5.69 Å². The maximum Gasteiger partial charge on any atom is 0.342 e. The fourth-order valence-corrected chi connectivity index (χ4v) is 1.94. The van der Waals surface area contributed by atoms with Gasteiger partial charge in [0.15, 0.2) is 17.4 Å². The third kappa shape index (κ3) is 3.03. The van der Waals surface area contributed by atoms with Crippen molar-refractivity contribution in [3.8, 4) is 11.5 Å². The molecule has 0 unspecified atom stereocenters. The van der Waals surface area contributed by atoms with Gasteiger partial charge >= 0.3 is 5.97 Å². The Kier molecular flexibility index (Phi) is 4.36. The number of carbonyl (C=O) groups is 1. The summed E-state index contributed by atoms with van der Waals surface area (Å²) in [6, 6.07) is 4.83. The molecule has 2 rings (SSSR count). The van der Waals surface area contributed by atoms with Crippen molar-refractivity contribution in [2.45, 2.75) is 0 Å². The summed E-state index contributed by atoms with van der Waals surface area (Å²) in [5.74, 6) is -4.59. The SMILES string of the molecule is O=C(O)c1cc(Oc2c(F)ccc(Br)c2F)ccc1[N+](=O)[O-]. The molecule has 0 aromatic heterocycles. The third-order valence-electron chi connectivity index (χ3n) is 2.62. The molecule has 0 saturated carbocycles. The van der Waals surface area contributed by atoms with Crippen LogP contribution in [0.2, 0.25) is 0 Å². The standard InChI is InChI=1S/C13H6BrF2NO5/c14-8-2-3-9(15)12(11(8)16)22-6-1-4-10(17(20)21)7(5-6)13(18)19/h1-5H,(H,18,19). The van der Waals surface area contributed by atoms with Gasteiger partial charge in [0.1, 0.15) is 11.3 Å². The molecule has 0 bridgehead atoms. The quantitative estimate of drug-likeness (QED) is 0.494. The van der Waals surface area contributed by atoms with Gasteiger partial charge in [0, 0.05) is 12.1 Å². The first-order chi connectivity index (χ1) is 10.3. The highest BCUT2D eigenvalue weighted by Gasteiger charge is 2.22. The highest BCUT2D eigenvalue weighted by molar-refractivity contribution is 9.10. The van der Waals surface area contributed by atoms with Crippen LogP contribution in [-0.4, -0.2) is 16.0 Å². The van der Waals surface area contributed by atoms with E-state index in [-0.39, 0.29) is 10.2 Å². The number of benzene rings is 2. The molecule has 0 heterocycles. The maximum absolute atomic E-state index is 13.8. The van der Waals surface area contributed by atoms with E-state index < -0.39 is 39.5 Å². The first-order valence-electron chi connectivity index (χ1n) is 5.64. The molecule has 0 amide bonds. The number of ether oxygens (including phenoxy) is 1. The number of carboxylic acids is 1. The van der Waals surface area contributed by atoms with Crippen molar-refractivity contribution in [3.05, 3.63) is 62.1 Å². The number of hydrogen-bond acceptors (Lipinski definition) is 4. The molecule has 0 saturated heterocycles. The minimum Gasteiger partial charge on any atom is -0.477 e. The van der Waals surface area contributed by atoms with E-state index in [0.717, 1.165) is 30.3 Å². The monoisotopic (exact) mass is 373 g/mol. The molecule has 0 aliphatic rings. The lowest BCUT2D eigenvalue weighted by Gasteiger charge is -2.09. The summed E-state index contributed by atoms with van der Waals surface area (Å²) < 4.78 is 32.3. The minimum absolute atomic E-state index is 0.0516. The molecule has 0 aliphatic carbocycles. The van der Waals surface area contributed by atoms with Gasteiger partial charge in [-0.1, -0.05) is 0 Å². The molecule has 0 spiro atoms. The fourth-order valence-electron chi connectivity index (χ4n) is 1.63. The van der Waals surface area contributed by atoms with Crippen LogP contribution in [0.4, 0.5) is 14.5 Å². The van der Waals surface area contributed by atoms with Crippen LogP contribution in [0.15, 0.2) is 34.8 Å². The van der Waals surface area contributed by atoms with Crippen LogP contribution in [0.25, 0.3) is 0 Å². The predicted molar refractivity (Wildman–Crippen MR) is 74.2 cm³/mol. The van der Waals surface area contributed by atoms with Crippen molar-refractivity contribution < 1.29 is 28.3 Å². The second-order valence-electron chi connectivity index (χ2n) is 4.02. The second kappa shape index (κ2) is 6.06. The Bertz CT molecular complexity index is 781. The molecule has 0 atom stereocenters. The van der Waals surface area contributed by atoms with E-state index >= 15 is 0 Å². The molecule has 9 heteroatoms. The Hall–Kier alpha value is -2.55. The lowest BCUT2D eigenvalue weighted by Crippen LogP contribution is -2.03. The highest BCUT2D eigenvalue weighted by atomic mass is 79.9. The molecule has 0 aliphatic heterocycles. The van der Waals surface area contributed by atoms with Gasteiger partial charge in [-0.05, 0) is 34.1 Å². The van der Waals surface area contributed by atoms with Gasteiger partial charge in [0.2, 0.25) is 0 Å². The van der Waals surface area contributed by atoms with E-state index in [1.165, 1.54) is 0 Å². The van der Waals surface area contributed by atoms with Crippen LogP contribution >= 0.6 is 15.9 Å². The molecule has 0 radical (unpaired) electrons. The van der Waals surface area contributed by atoms with Crippen molar-refractivity contribution in [3.63, 3.8) is 0 Å². The lowest BCUT2D eigenvalue weighted by molar-refractivity contribution is -0.385. The number of carboxylic acid groups (broad SMARTS) is 1. The zero-order chi connectivity index (χ0) is 16.4. The van der Waals surface area contributed by atoms with Crippen LogP contribution in [0.1, 0.15) is 10.4 Å². The van der Waals surface area contributed by atoms with Gasteiger partial charge in [-0.3, -0.25) is 10.1 Å². The van der Waals surface area contributed by atoms with E-state index in [0.29, 0.717) is 0 Å². The number of hydrogen-bond donors (Lipinski definition) is 1. The molecule has 2 aromatic rings. The van der Waals surface area contributed by atoms with Crippen LogP contribution < -0.4 is 4.74 Å². The van der Waals surface area contributed by atoms with Crippen molar-refractivity contribution >= 4 is 27.6 Å². The van der Waals surface area contributed by atoms with Gasteiger partial charge in [0.05, 0.1) is 9.40 Å². The van der Waals surface area contributed by atoms with Crippen LogP contribution in [0.5, 0.6) is 11.5 Å². The zero-order valence-electron chi connectivity index (χ0n) is 10.5. The second-order valence-corrected chi connectivity index (χ2v) is 4.87. The molecular formula is C13H6BrF2NO5. The summed E-state index contributed by atoms with van der Waals surface area (Å²) in [5, 5.41) is 19.7. The van der Waals surface area contributed by atoms with E-state index in [9.17, 15) is 23.7 Å². The van der Waals surface area contributed by atoms with Gasteiger partial charge in [-0.2, -0.15) is 0 Å². The van der Waals surface area contributed by atoms with Crippen molar-refractivity contribution in [2.75, 3.05) is 0 Å². The Labute approximate surface area is 130 Å². The number of nitro groups is 1. The third-order valence-corrected chi connectivity index (χ3v) is 3.23. The summed E-state index contributed by atoms with van der Waals surface area (Å²) >= 11 is 2.86. The number of nitro benzene ring substituents is 1. The minimum atomic E-state index is -1.56. The van der Waals surface area contributed by atoms with E-state index in [1.807, 2.05) is 0 Å². The van der Waals surface area contributed by atoms with E-state index in [4.69, 9.17) is 9.84 Å². The van der Waals surface area contributed by atoms with Crippen molar-refractivity contribution in [2.24, 2.45) is 0 Å².